The van der Waals surface area contributed by atoms with E-state index >= 15 is 0 Å². The van der Waals surface area contributed by atoms with Gasteiger partial charge in [0, 0.05) is 5.25 Å². The lowest BCUT2D eigenvalue weighted by Gasteiger charge is -2.08. The monoisotopic (exact) mass is 172 g/mol. The normalized spacial score (nSPS) is 12.5. The molecule has 0 aliphatic heterocycles. The first kappa shape index (κ1) is 10.8. The van der Waals surface area contributed by atoms with Gasteiger partial charge in [-0.15, -0.1) is 6.58 Å². The number of carbonyl (C=O) groups is 1. The molecule has 0 saturated heterocycles. The molecule has 64 valence electrons. The van der Waals surface area contributed by atoms with Crippen LogP contribution in [0.15, 0.2) is 12.7 Å². The molecule has 0 radical (unpaired) electrons. The van der Waals surface area contributed by atoms with Crippen molar-refractivity contribution < 1.29 is 4.79 Å². The molecule has 0 N–H and O–H groups in total. The van der Waals surface area contributed by atoms with Crippen molar-refractivity contribution in [2.45, 2.75) is 37.9 Å². The first-order valence-electron chi connectivity index (χ1n) is 4.05. The molecule has 0 aromatic rings. The second-order valence-electron chi connectivity index (χ2n) is 2.52. The second-order valence-corrected chi connectivity index (χ2v) is 3.65. The van der Waals surface area contributed by atoms with Crippen molar-refractivity contribution in [1.82, 2.24) is 0 Å². The number of allylic oxidation sites excluding steroid dienone is 1. The zero-order valence-corrected chi connectivity index (χ0v) is 7.90. The van der Waals surface area contributed by atoms with Crippen LogP contribution in [-0.2, 0) is 4.79 Å². The second kappa shape index (κ2) is 7.86. The van der Waals surface area contributed by atoms with Crippen molar-refractivity contribution in [1.29, 1.82) is 0 Å². The van der Waals surface area contributed by atoms with Crippen LogP contribution in [0.2, 0.25) is 0 Å². The summed E-state index contributed by atoms with van der Waals surface area (Å²) >= 11 is 1.39. The fourth-order valence-electron chi connectivity index (χ4n) is 0.938. The number of rotatable bonds is 7. The minimum absolute atomic E-state index is 0.463. The zero-order chi connectivity index (χ0) is 8.53. The van der Waals surface area contributed by atoms with Gasteiger partial charge in [-0.1, -0.05) is 37.6 Å². The Bertz CT molecular complexity index is 102. The topological polar surface area (TPSA) is 17.1 Å². The highest BCUT2D eigenvalue weighted by Crippen LogP contribution is 2.18. The Hall–Kier alpha value is -0.240. The quantitative estimate of drug-likeness (QED) is 0.433. The fourth-order valence-corrected chi connectivity index (χ4v) is 1.64. The molecule has 0 amide bonds. The van der Waals surface area contributed by atoms with Crippen molar-refractivity contribution in [2.75, 3.05) is 0 Å². The number of thioether (sulfide) groups is 1. The molecule has 0 aliphatic carbocycles. The lowest BCUT2D eigenvalue weighted by molar-refractivity contribution is 0.569. The van der Waals surface area contributed by atoms with Gasteiger partial charge in [-0.2, -0.15) is 0 Å². The van der Waals surface area contributed by atoms with Crippen LogP contribution in [0.3, 0.4) is 0 Å². The van der Waals surface area contributed by atoms with Crippen molar-refractivity contribution >= 4 is 17.4 Å². The molecule has 0 aliphatic rings. The van der Waals surface area contributed by atoms with Crippen LogP contribution in [0.25, 0.3) is 0 Å². The van der Waals surface area contributed by atoms with Crippen LogP contribution in [0.4, 0.5) is 0 Å². The molecule has 0 aromatic carbocycles. The average molecular weight is 172 g/mol. The summed E-state index contributed by atoms with van der Waals surface area (Å²) in [6.07, 6.45) is 6.37. The third-order valence-electron chi connectivity index (χ3n) is 1.56. The van der Waals surface area contributed by atoms with Gasteiger partial charge in [0.2, 0.25) is 0 Å². The van der Waals surface area contributed by atoms with E-state index in [1.807, 2.05) is 6.08 Å². The Morgan fingerprint density at radius 1 is 1.64 bits per heavy atom. The Morgan fingerprint density at radius 2 is 2.36 bits per heavy atom. The van der Waals surface area contributed by atoms with Crippen molar-refractivity contribution in [2.24, 2.45) is 0 Å². The van der Waals surface area contributed by atoms with E-state index in [0.29, 0.717) is 5.25 Å². The van der Waals surface area contributed by atoms with Gasteiger partial charge in [0.25, 0.3) is 0 Å². The van der Waals surface area contributed by atoms with E-state index in [9.17, 15) is 4.79 Å². The van der Waals surface area contributed by atoms with Crippen LogP contribution in [0.1, 0.15) is 32.6 Å². The summed E-state index contributed by atoms with van der Waals surface area (Å²) < 4.78 is 0. The molecule has 0 spiro atoms. The lowest BCUT2D eigenvalue weighted by Crippen LogP contribution is -2.00. The van der Waals surface area contributed by atoms with Gasteiger partial charge in [-0.25, -0.2) is 0 Å². The third-order valence-corrected chi connectivity index (χ3v) is 2.48. The highest BCUT2D eigenvalue weighted by atomic mass is 32.2. The van der Waals surface area contributed by atoms with Crippen molar-refractivity contribution in [3.63, 3.8) is 0 Å². The fraction of sp³-hybridized carbons (Fsp3) is 0.667. The van der Waals surface area contributed by atoms with E-state index in [4.69, 9.17) is 0 Å². The maximum atomic E-state index is 10.2. The van der Waals surface area contributed by atoms with Gasteiger partial charge in [-0.05, 0) is 12.8 Å². The molecule has 1 unspecified atom stereocenters. The maximum Gasteiger partial charge on any atom is 0.176 e. The minimum Gasteiger partial charge on any atom is -0.291 e. The van der Waals surface area contributed by atoms with Gasteiger partial charge < -0.3 is 0 Å². The molecule has 1 nitrogen and oxygen atoms in total. The predicted octanol–water partition coefficient (Wildman–Crippen LogP) is 3.04. The van der Waals surface area contributed by atoms with Crippen molar-refractivity contribution in [3.05, 3.63) is 12.7 Å². The van der Waals surface area contributed by atoms with Crippen LogP contribution in [-0.4, -0.2) is 10.9 Å². The highest BCUT2D eigenvalue weighted by Gasteiger charge is 2.04. The molecule has 11 heavy (non-hydrogen) atoms. The van der Waals surface area contributed by atoms with Crippen LogP contribution in [0.5, 0.6) is 0 Å². The average Bonchev–Trinajstić information content (AvgIpc) is 2.01. The molecule has 1 atom stereocenters. The molecular weight excluding hydrogens is 156 g/mol. The highest BCUT2D eigenvalue weighted by molar-refractivity contribution is 8.12. The largest absolute Gasteiger partial charge is 0.291 e. The summed E-state index contributed by atoms with van der Waals surface area (Å²) in [5.41, 5.74) is 0.934. The molecule has 0 saturated carbocycles. The summed E-state index contributed by atoms with van der Waals surface area (Å²) in [7, 11) is 0. The van der Waals surface area contributed by atoms with Gasteiger partial charge >= 0.3 is 0 Å². The van der Waals surface area contributed by atoms with Gasteiger partial charge in [0.05, 0.1) is 0 Å². The minimum atomic E-state index is 0.463. The molecule has 0 bridgehead atoms. The molecule has 0 fully saturated rings. The van der Waals surface area contributed by atoms with E-state index < -0.39 is 0 Å². The van der Waals surface area contributed by atoms with Crippen molar-refractivity contribution in [3.8, 4) is 0 Å². The maximum absolute atomic E-state index is 10.2. The Morgan fingerprint density at radius 3 is 2.82 bits per heavy atom. The summed E-state index contributed by atoms with van der Waals surface area (Å²) in [6.45, 7) is 5.82. The summed E-state index contributed by atoms with van der Waals surface area (Å²) in [5.74, 6) is 0. The van der Waals surface area contributed by atoms with E-state index in [-0.39, 0.29) is 0 Å². The number of carbonyl (C=O) groups excluding carboxylic acids is 1. The summed E-state index contributed by atoms with van der Waals surface area (Å²) in [5, 5.41) is 0.463. The number of hydrogen-bond acceptors (Lipinski definition) is 2. The molecular formula is C9H16OS. The molecule has 0 aromatic heterocycles. The first-order valence-corrected chi connectivity index (χ1v) is 4.99. The molecule has 2 heteroatoms. The van der Waals surface area contributed by atoms with E-state index in [2.05, 4.69) is 13.5 Å². The van der Waals surface area contributed by atoms with E-state index in [1.165, 1.54) is 24.6 Å². The van der Waals surface area contributed by atoms with Gasteiger partial charge in [0.15, 0.2) is 5.62 Å². The zero-order valence-electron chi connectivity index (χ0n) is 7.08. The number of hydrogen-bond donors (Lipinski definition) is 0. The van der Waals surface area contributed by atoms with Crippen LogP contribution in [0, 0.1) is 0 Å². The van der Waals surface area contributed by atoms with E-state index in [1.54, 1.807) is 0 Å². The standard InChI is InChI=1S/C9H16OS/c1-3-5-7-9(6-4-2)11-8-10/h4,8-9H,2-3,5-7H2,1H3. The summed E-state index contributed by atoms with van der Waals surface area (Å²) in [4.78, 5) is 10.2. The Labute approximate surface area is 73.3 Å². The number of unbranched alkanes of at least 4 members (excludes halogenated alkanes) is 1. The Balaban J connectivity index is 3.49. The lowest BCUT2D eigenvalue weighted by atomic mass is 10.1. The van der Waals surface area contributed by atoms with Crippen LogP contribution < -0.4 is 0 Å². The van der Waals surface area contributed by atoms with Crippen LogP contribution >= 0.6 is 11.8 Å². The molecule has 0 rings (SSSR count). The van der Waals surface area contributed by atoms with Gasteiger partial charge in [0.1, 0.15) is 0 Å². The predicted molar refractivity (Wildman–Crippen MR) is 52.5 cm³/mol. The smallest absolute Gasteiger partial charge is 0.176 e. The van der Waals surface area contributed by atoms with E-state index in [0.717, 1.165) is 18.5 Å². The third kappa shape index (κ3) is 6.17. The SMILES string of the molecule is C=CCC(CCCC)SC=O. The van der Waals surface area contributed by atoms with Gasteiger partial charge in [-0.3, -0.25) is 4.79 Å². The Kier molecular flexibility index (Phi) is 7.69. The first-order chi connectivity index (χ1) is 5.35. The summed E-state index contributed by atoms with van der Waals surface area (Å²) in [6, 6.07) is 0. The molecule has 0 heterocycles.